The first-order valence-electron chi connectivity index (χ1n) is 5.73. The summed E-state index contributed by atoms with van der Waals surface area (Å²) < 4.78 is 15.2. The molecule has 1 rings (SSSR count). The third-order valence-corrected chi connectivity index (χ3v) is 3.05. The quantitative estimate of drug-likeness (QED) is 0.842. The highest BCUT2D eigenvalue weighted by Crippen LogP contribution is 2.41. The van der Waals surface area contributed by atoms with Crippen LogP contribution in [0.15, 0.2) is 6.07 Å². The lowest BCUT2D eigenvalue weighted by molar-refractivity contribution is -0.153. The van der Waals surface area contributed by atoms with E-state index in [1.54, 1.807) is 13.8 Å². The van der Waals surface area contributed by atoms with Crippen molar-refractivity contribution in [2.75, 3.05) is 20.8 Å². The molecule has 0 spiro atoms. The second-order valence-electron chi connectivity index (χ2n) is 3.79. The van der Waals surface area contributed by atoms with E-state index in [4.69, 9.17) is 25.8 Å². The van der Waals surface area contributed by atoms with E-state index in [1.807, 2.05) is 0 Å². The molecule has 0 aliphatic carbocycles. The molecule has 6 heteroatoms. The highest BCUT2D eigenvalue weighted by Gasteiger charge is 2.27. The zero-order valence-electron chi connectivity index (χ0n) is 11.3. The predicted molar refractivity (Wildman–Crippen MR) is 70.9 cm³/mol. The number of aliphatic hydroxyl groups is 1. The fourth-order valence-corrected chi connectivity index (χ4v) is 1.93. The zero-order chi connectivity index (χ0) is 14.6. The number of hydrogen-bond acceptors (Lipinski definition) is 5. The second-order valence-corrected chi connectivity index (χ2v) is 4.20. The van der Waals surface area contributed by atoms with Gasteiger partial charge in [0.15, 0.2) is 17.6 Å². The number of ether oxygens (including phenoxy) is 3. The Balaban J connectivity index is 3.34. The van der Waals surface area contributed by atoms with E-state index in [-0.39, 0.29) is 17.9 Å². The summed E-state index contributed by atoms with van der Waals surface area (Å²) in [4.78, 5) is 11.6. The lowest BCUT2D eigenvalue weighted by atomic mass is 10.0. The molecule has 0 bridgehead atoms. The van der Waals surface area contributed by atoms with Crippen molar-refractivity contribution in [3.63, 3.8) is 0 Å². The fourth-order valence-electron chi connectivity index (χ4n) is 1.73. The van der Waals surface area contributed by atoms with E-state index in [0.717, 1.165) is 0 Å². The van der Waals surface area contributed by atoms with Crippen molar-refractivity contribution in [1.29, 1.82) is 0 Å². The topological polar surface area (TPSA) is 65.0 Å². The average molecular weight is 289 g/mol. The van der Waals surface area contributed by atoms with Gasteiger partial charge in [0.25, 0.3) is 0 Å². The van der Waals surface area contributed by atoms with Crippen LogP contribution in [0.25, 0.3) is 0 Å². The summed E-state index contributed by atoms with van der Waals surface area (Å²) in [7, 11) is 2.88. The third-order valence-electron chi connectivity index (χ3n) is 2.66. The van der Waals surface area contributed by atoms with Gasteiger partial charge in [-0.05, 0) is 19.9 Å². The first-order valence-corrected chi connectivity index (χ1v) is 6.11. The smallest absolute Gasteiger partial charge is 0.339 e. The molecule has 0 aromatic heterocycles. The van der Waals surface area contributed by atoms with Crippen molar-refractivity contribution in [2.45, 2.75) is 20.0 Å². The Morgan fingerprint density at radius 3 is 2.42 bits per heavy atom. The highest BCUT2D eigenvalue weighted by molar-refractivity contribution is 6.31. The molecule has 0 amide bonds. The molecular formula is C13H17ClO5. The van der Waals surface area contributed by atoms with Gasteiger partial charge in [-0.25, -0.2) is 4.79 Å². The van der Waals surface area contributed by atoms with Crippen LogP contribution in [0, 0.1) is 6.92 Å². The molecule has 0 aliphatic rings. The normalized spacial score (nSPS) is 11.9. The van der Waals surface area contributed by atoms with Crippen LogP contribution in [0.1, 0.15) is 24.2 Å². The molecule has 1 N–H and O–H groups in total. The van der Waals surface area contributed by atoms with Crippen molar-refractivity contribution in [1.82, 2.24) is 0 Å². The third kappa shape index (κ3) is 3.11. The molecular weight excluding hydrogens is 272 g/mol. The van der Waals surface area contributed by atoms with Gasteiger partial charge in [0.05, 0.1) is 20.8 Å². The Hall–Kier alpha value is -1.46. The van der Waals surface area contributed by atoms with Gasteiger partial charge in [-0.3, -0.25) is 0 Å². The number of methoxy groups -OCH3 is 2. The van der Waals surface area contributed by atoms with E-state index < -0.39 is 12.1 Å². The van der Waals surface area contributed by atoms with Gasteiger partial charge in [0.2, 0.25) is 0 Å². The van der Waals surface area contributed by atoms with Gasteiger partial charge in [0.1, 0.15) is 0 Å². The first kappa shape index (κ1) is 15.6. The number of carbonyl (C=O) groups is 1. The molecule has 0 radical (unpaired) electrons. The molecule has 0 fully saturated rings. The summed E-state index contributed by atoms with van der Waals surface area (Å²) in [5.74, 6) is -0.110. The molecule has 1 unspecified atom stereocenters. The maximum Gasteiger partial charge on any atom is 0.339 e. The maximum absolute atomic E-state index is 11.6. The van der Waals surface area contributed by atoms with E-state index in [1.165, 1.54) is 20.3 Å². The summed E-state index contributed by atoms with van der Waals surface area (Å²) in [5.41, 5.74) is 0.884. The van der Waals surface area contributed by atoms with Crippen LogP contribution < -0.4 is 9.47 Å². The molecule has 1 aromatic carbocycles. The van der Waals surface area contributed by atoms with Crippen LogP contribution in [-0.2, 0) is 9.53 Å². The van der Waals surface area contributed by atoms with Gasteiger partial charge in [0, 0.05) is 16.1 Å². The molecule has 0 saturated carbocycles. The van der Waals surface area contributed by atoms with Crippen LogP contribution in [0.3, 0.4) is 0 Å². The number of halogens is 1. The average Bonchev–Trinajstić information content (AvgIpc) is 2.40. The van der Waals surface area contributed by atoms with Crippen molar-refractivity contribution in [3.05, 3.63) is 22.2 Å². The monoisotopic (exact) mass is 288 g/mol. The van der Waals surface area contributed by atoms with Crippen molar-refractivity contribution in [2.24, 2.45) is 0 Å². The number of hydrogen-bond donors (Lipinski definition) is 1. The van der Waals surface area contributed by atoms with Gasteiger partial charge in [-0.2, -0.15) is 0 Å². The number of esters is 1. The van der Waals surface area contributed by atoms with Gasteiger partial charge in [-0.15, -0.1) is 0 Å². The van der Waals surface area contributed by atoms with Crippen LogP contribution >= 0.6 is 11.6 Å². The molecule has 106 valence electrons. The number of aliphatic hydroxyl groups excluding tert-OH is 1. The SMILES string of the molecule is CCOC(=O)C(O)c1cc(Cl)c(C)c(OC)c1OC. The Morgan fingerprint density at radius 1 is 1.37 bits per heavy atom. The van der Waals surface area contributed by atoms with Crippen molar-refractivity contribution in [3.8, 4) is 11.5 Å². The minimum absolute atomic E-state index is 0.176. The zero-order valence-corrected chi connectivity index (χ0v) is 12.1. The number of benzene rings is 1. The minimum atomic E-state index is -1.47. The molecule has 0 heterocycles. The molecule has 19 heavy (non-hydrogen) atoms. The van der Waals surface area contributed by atoms with Crippen LogP contribution in [-0.4, -0.2) is 31.9 Å². The Kier molecular flexibility index (Phi) is 5.44. The van der Waals surface area contributed by atoms with Crippen molar-refractivity contribution < 1.29 is 24.1 Å². The Morgan fingerprint density at radius 2 is 1.95 bits per heavy atom. The molecule has 5 nitrogen and oxygen atoms in total. The van der Waals surface area contributed by atoms with Crippen LogP contribution in [0.4, 0.5) is 0 Å². The number of rotatable bonds is 5. The lowest BCUT2D eigenvalue weighted by Gasteiger charge is -2.18. The molecule has 0 aliphatic heterocycles. The minimum Gasteiger partial charge on any atom is -0.493 e. The standard InChI is InChI=1S/C13H17ClO5/c1-5-19-13(16)10(15)8-6-9(14)7(2)11(17-3)12(8)18-4/h6,10,15H,5H2,1-4H3. The lowest BCUT2D eigenvalue weighted by Crippen LogP contribution is -2.16. The first-order chi connectivity index (χ1) is 8.97. The predicted octanol–water partition coefficient (Wildman–Crippen LogP) is 2.26. The van der Waals surface area contributed by atoms with E-state index in [0.29, 0.717) is 16.3 Å². The summed E-state index contributed by atoms with van der Waals surface area (Å²) in [6.07, 6.45) is -1.47. The largest absolute Gasteiger partial charge is 0.493 e. The summed E-state index contributed by atoms with van der Waals surface area (Å²) >= 11 is 6.05. The molecule has 1 aromatic rings. The second kappa shape index (κ2) is 6.63. The maximum atomic E-state index is 11.6. The Bertz CT molecular complexity index is 473. The van der Waals surface area contributed by atoms with Gasteiger partial charge in [-0.1, -0.05) is 11.6 Å². The summed E-state index contributed by atoms with van der Waals surface area (Å²) in [5, 5.41) is 10.4. The molecule has 0 saturated heterocycles. The highest BCUT2D eigenvalue weighted by atomic mass is 35.5. The summed E-state index contributed by atoms with van der Waals surface area (Å²) in [6.45, 7) is 3.59. The van der Waals surface area contributed by atoms with Crippen LogP contribution in [0.2, 0.25) is 5.02 Å². The summed E-state index contributed by atoms with van der Waals surface area (Å²) in [6, 6.07) is 1.47. The fraction of sp³-hybridized carbons (Fsp3) is 0.462. The molecule has 1 atom stereocenters. The van der Waals surface area contributed by atoms with E-state index in [9.17, 15) is 9.90 Å². The van der Waals surface area contributed by atoms with Crippen LogP contribution in [0.5, 0.6) is 11.5 Å². The van der Waals surface area contributed by atoms with E-state index >= 15 is 0 Å². The number of carbonyl (C=O) groups excluding carboxylic acids is 1. The van der Waals surface area contributed by atoms with Gasteiger partial charge < -0.3 is 19.3 Å². The van der Waals surface area contributed by atoms with E-state index in [2.05, 4.69) is 0 Å². The van der Waals surface area contributed by atoms with Gasteiger partial charge >= 0.3 is 5.97 Å². The van der Waals surface area contributed by atoms with Crippen molar-refractivity contribution >= 4 is 17.6 Å². The Labute approximate surface area is 117 Å².